The zero-order chi connectivity index (χ0) is 13.1. The number of benzene rings is 2. The Balaban J connectivity index is 2.47. The number of halogens is 2. The first-order valence-corrected chi connectivity index (χ1v) is 5.25. The first kappa shape index (κ1) is 12.2. The van der Waals surface area contributed by atoms with Gasteiger partial charge in [-0.2, -0.15) is 0 Å². The second-order valence-electron chi connectivity index (χ2n) is 3.73. The fraction of sp³-hybridized carbons (Fsp3) is 0.0714. The molecule has 0 N–H and O–H groups in total. The lowest BCUT2D eigenvalue weighted by Gasteiger charge is -2.05. The van der Waals surface area contributed by atoms with E-state index >= 15 is 0 Å². The predicted molar refractivity (Wildman–Crippen MR) is 63.1 cm³/mol. The standard InChI is InChI=1S/C14H10F2O2/c1-18-14(17)10-4-2-3-9(5-10)11-6-12(15)8-13(16)7-11/h2-8H,1H3. The van der Waals surface area contributed by atoms with Gasteiger partial charge < -0.3 is 4.74 Å². The van der Waals surface area contributed by atoms with Crippen LogP contribution in [-0.2, 0) is 4.74 Å². The van der Waals surface area contributed by atoms with Gasteiger partial charge in [0, 0.05) is 6.07 Å². The third kappa shape index (κ3) is 2.53. The number of rotatable bonds is 2. The molecule has 0 aliphatic heterocycles. The molecule has 0 aromatic heterocycles. The molecule has 18 heavy (non-hydrogen) atoms. The summed E-state index contributed by atoms with van der Waals surface area (Å²) in [7, 11) is 1.27. The number of ether oxygens (including phenoxy) is 1. The molecule has 0 heterocycles. The van der Waals surface area contributed by atoms with E-state index in [1.54, 1.807) is 18.2 Å². The van der Waals surface area contributed by atoms with Gasteiger partial charge in [0.1, 0.15) is 11.6 Å². The van der Waals surface area contributed by atoms with Crippen LogP contribution in [0.1, 0.15) is 10.4 Å². The van der Waals surface area contributed by atoms with Gasteiger partial charge in [0.25, 0.3) is 0 Å². The summed E-state index contributed by atoms with van der Waals surface area (Å²) in [5.74, 6) is -1.81. The molecule has 0 saturated heterocycles. The first-order chi connectivity index (χ1) is 8.60. The van der Waals surface area contributed by atoms with Crippen molar-refractivity contribution in [1.82, 2.24) is 0 Å². The lowest BCUT2D eigenvalue weighted by Crippen LogP contribution is -2.00. The van der Waals surface area contributed by atoms with Crippen molar-refractivity contribution in [2.75, 3.05) is 7.11 Å². The lowest BCUT2D eigenvalue weighted by molar-refractivity contribution is 0.0601. The molecule has 0 unspecified atom stereocenters. The average Bonchev–Trinajstić information content (AvgIpc) is 2.37. The molecule has 0 aliphatic carbocycles. The Hall–Kier alpha value is -2.23. The lowest BCUT2D eigenvalue weighted by atomic mass is 10.0. The fourth-order valence-electron chi connectivity index (χ4n) is 1.66. The molecule has 4 heteroatoms. The van der Waals surface area contributed by atoms with Gasteiger partial charge in [-0.3, -0.25) is 0 Å². The molecular weight excluding hydrogens is 238 g/mol. The van der Waals surface area contributed by atoms with Crippen molar-refractivity contribution in [3.8, 4) is 11.1 Å². The summed E-state index contributed by atoms with van der Waals surface area (Å²) in [5.41, 5.74) is 1.26. The number of hydrogen-bond donors (Lipinski definition) is 0. The van der Waals surface area contributed by atoms with Crippen LogP contribution in [-0.4, -0.2) is 13.1 Å². The van der Waals surface area contributed by atoms with Crippen LogP contribution < -0.4 is 0 Å². The molecular formula is C14H10F2O2. The van der Waals surface area contributed by atoms with E-state index in [4.69, 9.17) is 0 Å². The Morgan fingerprint density at radius 2 is 1.67 bits per heavy atom. The summed E-state index contributed by atoms with van der Waals surface area (Å²) in [4.78, 5) is 11.4. The highest BCUT2D eigenvalue weighted by Gasteiger charge is 2.08. The quantitative estimate of drug-likeness (QED) is 0.761. The molecule has 0 bridgehead atoms. The number of methoxy groups -OCH3 is 1. The van der Waals surface area contributed by atoms with Gasteiger partial charge in [0.15, 0.2) is 0 Å². The monoisotopic (exact) mass is 248 g/mol. The Morgan fingerprint density at radius 3 is 2.28 bits per heavy atom. The maximum Gasteiger partial charge on any atom is 0.337 e. The minimum Gasteiger partial charge on any atom is -0.465 e. The van der Waals surface area contributed by atoms with Crippen molar-refractivity contribution in [3.63, 3.8) is 0 Å². The largest absolute Gasteiger partial charge is 0.465 e. The molecule has 2 aromatic rings. The van der Waals surface area contributed by atoms with Crippen LogP contribution in [0.15, 0.2) is 42.5 Å². The van der Waals surface area contributed by atoms with Crippen molar-refractivity contribution >= 4 is 5.97 Å². The zero-order valence-corrected chi connectivity index (χ0v) is 9.61. The number of esters is 1. The average molecular weight is 248 g/mol. The molecule has 0 spiro atoms. The topological polar surface area (TPSA) is 26.3 Å². The van der Waals surface area contributed by atoms with Crippen LogP contribution in [0, 0.1) is 11.6 Å². The fourth-order valence-corrected chi connectivity index (χ4v) is 1.66. The highest BCUT2D eigenvalue weighted by Crippen LogP contribution is 2.22. The number of hydrogen-bond acceptors (Lipinski definition) is 2. The predicted octanol–water partition coefficient (Wildman–Crippen LogP) is 3.42. The summed E-state index contributed by atoms with van der Waals surface area (Å²) in [6.07, 6.45) is 0. The Bertz CT molecular complexity index is 574. The highest BCUT2D eigenvalue weighted by molar-refractivity contribution is 5.90. The van der Waals surface area contributed by atoms with Crippen LogP contribution in [0.4, 0.5) is 8.78 Å². The van der Waals surface area contributed by atoms with Crippen molar-refractivity contribution < 1.29 is 18.3 Å². The maximum atomic E-state index is 13.1. The van der Waals surface area contributed by atoms with Crippen molar-refractivity contribution in [2.45, 2.75) is 0 Å². The smallest absolute Gasteiger partial charge is 0.337 e. The van der Waals surface area contributed by atoms with Crippen LogP contribution >= 0.6 is 0 Å². The Kier molecular flexibility index (Phi) is 3.37. The summed E-state index contributed by atoms with van der Waals surface area (Å²) in [6, 6.07) is 9.61. The molecule has 2 aromatic carbocycles. The minimum atomic E-state index is -0.659. The molecule has 0 atom stereocenters. The number of carbonyl (C=O) groups excluding carboxylic acids is 1. The summed E-state index contributed by atoms with van der Waals surface area (Å²) >= 11 is 0. The van der Waals surface area contributed by atoms with Crippen LogP contribution in [0.5, 0.6) is 0 Å². The maximum absolute atomic E-state index is 13.1. The van der Waals surface area contributed by atoms with Crippen molar-refractivity contribution in [2.24, 2.45) is 0 Å². The molecule has 2 rings (SSSR count). The van der Waals surface area contributed by atoms with Crippen molar-refractivity contribution in [3.05, 3.63) is 59.7 Å². The second-order valence-corrected chi connectivity index (χ2v) is 3.73. The first-order valence-electron chi connectivity index (χ1n) is 5.25. The van der Waals surface area contributed by atoms with Gasteiger partial charge in [-0.1, -0.05) is 12.1 Å². The van der Waals surface area contributed by atoms with Crippen LogP contribution in [0.2, 0.25) is 0 Å². The third-order valence-electron chi connectivity index (χ3n) is 2.48. The van der Waals surface area contributed by atoms with E-state index in [1.807, 2.05) is 0 Å². The molecule has 0 aliphatic rings. The van der Waals surface area contributed by atoms with Gasteiger partial charge in [-0.25, -0.2) is 13.6 Å². The molecule has 0 saturated carbocycles. The molecule has 0 amide bonds. The van der Waals surface area contributed by atoms with E-state index in [1.165, 1.54) is 25.3 Å². The van der Waals surface area contributed by atoms with E-state index in [9.17, 15) is 13.6 Å². The van der Waals surface area contributed by atoms with Crippen LogP contribution in [0.25, 0.3) is 11.1 Å². The zero-order valence-electron chi connectivity index (χ0n) is 9.61. The highest BCUT2D eigenvalue weighted by atomic mass is 19.1. The van der Waals surface area contributed by atoms with E-state index in [0.717, 1.165) is 6.07 Å². The number of carbonyl (C=O) groups is 1. The molecule has 92 valence electrons. The Morgan fingerprint density at radius 1 is 1.00 bits per heavy atom. The van der Waals surface area contributed by atoms with E-state index < -0.39 is 17.6 Å². The van der Waals surface area contributed by atoms with Gasteiger partial charge in [-0.15, -0.1) is 0 Å². The summed E-state index contributed by atoms with van der Waals surface area (Å²) in [5, 5.41) is 0. The minimum absolute atomic E-state index is 0.333. The second kappa shape index (κ2) is 4.96. The summed E-state index contributed by atoms with van der Waals surface area (Å²) in [6.45, 7) is 0. The van der Waals surface area contributed by atoms with Gasteiger partial charge in [0.2, 0.25) is 0 Å². The molecule has 0 radical (unpaired) electrons. The van der Waals surface area contributed by atoms with Gasteiger partial charge in [0.05, 0.1) is 12.7 Å². The SMILES string of the molecule is COC(=O)c1cccc(-c2cc(F)cc(F)c2)c1. The normalized spacial score (nSPS) is 10.2. The summed E-state index contributed by atoms with van der Waals surface area (Å²) < 4.78 is 30.8. The van der Waals surface area contributed by atoms with E-state index in [2.05, 4.69) is 4.74 Å². The van der Waals surface area contributed by atoms with Crippen LogP contribution in [0.3, 0.4) is 0 Å². The molecule has 2 nitrogen and oxygen atoms in total. The van der Waals surface area contributed by atoms with Crippen molar-refractivity contribution in [1.29, 1.82) is 0 Å². The third-order valence-corrected chi connectivity index (χ3v) is 2.48. The molecule has 0 fully saturated rings. The van der Waals surface area contributed by atoms with Gasteiger partial charge >= 0.3 is 5.97 Å². The van der Waals surface area contributed by atoms with E-state index in [-0.39, 0.29) is 0 Å². The Labute approximate surface area is 103 Å². The van der Waals surface area contributed by atoms with Gasteiger partial charge in [-0.05, 0) is 35.4 Å². The van der Waals surface area contributed by atoms with E-state index in [0.29, 0.717) is 16.7 Å².